The first kappa shape index (κ1) is 21.5. The summed E-state index contributed by atoms with van der Waals surface area (Å²) < 4.78 is 6.34. The molecular formula is C23H31BrN2O. The highest BCUT2D eigenvalue weighted by molar-refractivity contribution is 9.11. The second kappa shape index (κ2) is 11.2. The quantitative estimate of drug-likeness (QED) is 0.427. The third-order valence-electron chi connectivity index (χ3n) is 4.91. The van der Waals surface area contributed by atoms with Crippen molar-refractivity contribution in [3.63, 3.8) is 0 Å². The van der Waals surface area contributed by atoms with Crippen LogP contribution in [0.25, 0.3) is 6.08 Å². The van der Waals surface area contributed by atoms with Crippen LogP contribution in [-0.2, 0) is 4.74 Å². The SMILES string of the molecule is C=C/C(Br)=C(\C=C(/C)N1CCCN(C/C=C/c2ccccc2C)CC1)OC. The van der Waals surface area contributed by atoms with Crippen LogP contribution in [0.2, 0.25) is 0 Å². The van der Waals surface area contributed by atoms with Crippen molar-refractivity contribution in [3.8, 4) is 0 Å². The van der Waals surface area contributed by atoms with E-state index in [1.54, 1.807) is 13.2 Å². The third-order valence-corrected chi connectivity index (χ3v) is 5.63. The Labute approximate surface area is 172 Å². The van der Waals surface area contributed by atoms with Gasteiger partial charge in [-0.1, -0.05) is 49.1 Å². The van der Waals surface area contributed by atoms with Gasteiger partial charge in [0.15, 0.2) is 0 Å². The average molecular weight is 431 g/mol. The zero-order valence-electron chi connectivity index (χ0n) is 16.7. The lowest BCUT2D eigenvalue weighted by atomic mass is 10.1. The van der Waals surface area contributed by atoms with Gasteiger partial charge < -0.3 is 9.64 Å². The molecule has 1 aromatic rings. The van der Waals surface area contributed by atoms with Crippen LogP contribution < -0.4 is 0 Å². The van der Waals surface area contributed by atoms with Crippen LogP contribution in [-0.4, -0.2) is 49.6 Å². The van der Waals surface area contributed by atoms with Gasteiger partial charge in [-0.2, -0.15) is 0 Å². The van der Waals surface area contributed by atoms with Crippen molar-refractivity contribution in [3.05, 3.63) is 76.1 Å². The van der Waals surface area contributed by atoms with Gasteiger partial charge in [0.2, 0.25) is 0 Å². The van der Waals surface area contributed by atoms with E-state index in [1.165, 1.54) is 16.8 Å². The van der Waals surface area contributed by atoms with Crippen molar-refractivity contribution in [1.82, 2.24) is 9.80 Å². The molecule has 1 aliphatic heterocycles. The summed E-state index contributed by atoms with van der Waals surface area (Å²) >= 11 is 3.49. The highest BCUT2D eigenvalue weighted by Gasteiger charge is 2.14. The fraction of sp³-hybridized carbons (Fsp3) is 0.391. The molecule has 0 unspecified atom stereocenters. The molecule has 0 amide bonds. The first-order chi connectivity index (χ1) is 13.0. The van der Waals surface area contributed by atoms with Gasteiger partial charge in [-0.15, -0.1) is 0 Å². The Kier molecular flexibility index (Phi) is 8.89. The first-order valence-electron chi connectivity index (χ1n) is 9.49. The van der Waals surface area contributed by atoms with Crippen molar-refractivity contribution in [1.29, 1.82) is 0 Å². The van der Waals surface area contributed by atoms with Crippen molar-refractivity contribution in [2.75, 3.05) is 39.8 Å². The maximum atomic E-state index is 5.46. The number of halogens is 1. The smallest absolute Gasteiger partial charge is 0.134 e. The Bertz CT molecular complexity index is 721. The minimum atomic E-state index is 0.810. The zero-order chi connectivity index (χ0) is 19.6. The van der Waals surface area contributed by atoms with Crippen molar-refractivity contribution < 1.29 is 4.74 Å². The lowest BCUT2D eigenvalue weighted by Gasteiger charge is -2.24. The maximum Gasteiger partial charge on any atom is 0.134 e. The van der Waals surface area contributed by atoms with Gasteiger partial charge in [0.05, 0.1) is 11.6 Å². The molecular weight excluding hydrogens is 400 g/mol. The average Bonchev–Trinajstić information content (AvgIpc) is 2.92. The number of ether oxygens (including phenoxy) is 1. The normalized spacial score (nSPS) is 17.6. The molecule has 0 aromatic heterocycles. The minimum absolute atomic E-state index is 0.810. The second-order valence-corrected chi connectivity index (χ2v) is 7.66. The predicted octanol–water partition coefficient (Wildman–Crippen LogP) is 5.36. The van der Waals surface area contributed by atoms with Gasteiger partial charge in [-0.25, -0.2) is 0 Å². The van der Waals surface area contributed by atoms with Gasteiger partial charge in [0.25, 0.3) is 0 Å². The number of hydrogen-bond acceptors (Lipinski definition) is 3. The number of benzene rings is 1. The summed E-state index contributed by atoms with van der Waals surface area (Å²) in [6.45, 7) is 13.4. The van der Waals surface area contributed by atoms with Gasteiger partial charge in [-0.05, 0) is 47.3 Å². The zero-order valence-corrected chi connectivity index (χ0v) is 18.3. The highest BCUT2D eigenvalue weighted by Crippen LogP contribution is 2.19. The maximum absolute atomic E-state index is 5.46. The molecule has 0 bridgehead atoms. The molecule has 27 heavy (non-hydrogen) atoms. The Morgan fingerprint density at radius 3 is 2.70 bits per heavy atom. The number of aryl methyl sites for hydroxylation is 1. The topological polar surface area (TPSA) is 15.7 Å². The first-order valence-corrected chi connectivity index (χ1v) is 10.3. The lowest BCUT2D eigenvalue weighted by Crippen LogP contribution is -2.30. The van der Waals surface area contributed by atoms with E-state index >= 15 is 0 Å². The summed E-state index contributed by atoms with van der Waals surface area (Å²) in [6.07, 6.45) is 9.53. The molecule has 146 valence electrons. The van der Waals surface area contributed by atoms with E-state index in [4.69, 9.17) is 4.74 Å². The van der Waals surface area contributed by atoms with Crippen LogP contribution in [0.5, 0.6) is 0 Å². The second-order valence-electron chi connectivity index (χ2n) is 6.81. The molecule has 0 N–H and O–H groups in total. The summed E-state index contributed by atoms with van der Waals surface area (Å²) in [6, 6.07) is 8.52. The third kappa shape index (κ3) is 6.71. The molecule has 4 heteroatoms. The Morgan fingerprint density at radius 2 is 2.00 bits per heavy atom. The Morgan fingerprint density at radius 1 is 1.22 bits per heavy atom. The van der Waals surface area contributed by atoms with E-state index in [2.05, 4.69) is 88.6 Å². The van der Waals surface area contributed by atoms with Gasteiger partial charge in [0.1, 0.15) is 5.76 Å². The van der Waals surface area contributed by atoms with E-state index in [0.29, 0.717) is 0 Å². The summed E-state index contributed by atoms with van der Waals surface area (Å²) in [7, 11) is 1.69. The largest absolute Gasteiger partial charge is 0.496 e. The molecule has 1 saturated heterocycles. The van der Waals surface area contributed by atoms with Gasteiger partial charge >= 0.3 is 0 Å². The van der Waals surface area contributed by atoms with Crippen molar-refractivity contribution >= 4 is 22.0 Å². The minimum Gasteiger partial charge on any atom is -0.496 e. The molecule has 1 heterocycles. The molecule has 2 rings (SSSR count). The Hall–Kier alpha value is -1.78. The standard InChI is InChI=1S/C23H31BrN2O/c1-5-22(24)23(27-4)18-20(3)26-15-9-14-25(16-17-26)13-8-12-21-11-7-6-10-19(21)2/h5-8,10-12,18H,1,9,13-17H2,2-4H3/b12-8+,20-18+,23-22-. The number of rotatable bonds is 7. The molecule has 0 saturated carbocycles. The van der Waals surface area contributed by atoms with Gasteiger partial charge in [0, 0.05) is 44.5 Å². The van der Waals surface area contributed by atoms with E-state index in [9.17, 15) is 0 Å². The fourth-order valence-corrected chi connectivity index (χ4v) is 3.49. The highest BCUT2D eigenvalue weighted by atomic mass is 79.9. The monoisotopic (exact) mass is 430 g/mol. The molecule has 1 fully saturated rings. The summed E-state index contributed by atoms with van der Waals surface area (Å²) in [5.41, 5.74) is 3.85. The number of hydrogen-bond donors (Lipinski definition) is 0. The van der Waals surface area contributed by atoms with Crippen LogP contribution in [0, 0.1) is 6.92 Å². The number of methoxy groups -OCH3 is 1. The van der Waals surface area contributed by atoms with E-state index in [0.717, 1.165) is 49.4 Å². The van der Waals surface area contributed by atoms with Crippen LogP contribution in [0.3, 0.4) is 0 Å². The molecule has 1 aliphatic rings. The summed E-state index contributed by atoms with van der Waals surface area (Å²) in [5.74, 6) is 0.810. The van der Waals surface area contributed by atoms with E-state index in [1.807, 2.05) is 0 Å². The van der Waals surface area contributed by atoms with Crippen LogP contribution in [0.1, 0.15) is 24.5 Å². The fourth-order valence-electron chi connectivity index (χ4n) is 3.22. The van der Waals surface area contributed by atoms with E-state index < -0.39 is 0 Å². The van der Waals surface area contributed by atoms with E-state index in [-0.39, 0.29) is 0 Å². The van der Waals surface area contributed by atoms with Crippen molar-refractivity contribution in [2.45, 2.75) is 20.3 Å². The summed E-state index contributed by atoms with van der Waals surface area (Å²) in [5, 5.41) is 0. The lowest BCUT2D eigenvalue weighted by molar-refractivity contribution is 0.293. The predicted molar refractivity (Wildman–Crippen MR) is 120 cm³/mol. The van der Waals surface area contributed by atoms with Crippen LogP contribution >= 0.6 is 15.9 Å². The number of allylic oxidation sites excluding steroid dienone is 4. The Balaban J connectivity index is 1.93. The molecule has 3 nitrogen and oxygen atoms in total. The van der Waals surface area contributed by atoms with Crippen LogP contribution in [0.15, 0.2) is 65.0 Å². The molecule has 1 aromatic carbocycles. The number of nitrogens with zero attached hydrogens (tertiary/aromatic N) is 2. The molecule has 0 aliphatic carbocycles. The van der Waals surface area contributed by atoms with Gasteiger partial charge in [-0.3, -0.25) is 4.90 Å². The molecule has 0 spiro atoms. The van der Waals surface area contributed by atoms with Crippen molar-refractivity contribution in [2.24, 2.45) is 0 Å². The van der Waals surface area contributed by atoms with Crippen LogP contribution in [0.4, 0.5) is 0 Å². The molecule has 0 radical (unpaired) electrons. The summed E-state index contributed by atoms with van der Waals surface area (Å²) in [4.78, 5) is 4.96. The molecule has 0 atom stereocenters.